The first-order valence-electron chi connectivity index (χ1n) is 13.3. The summed E-state index contributed by atoms with van der Waals surface area (Å²) in [7, 11) is 0. The predicted octanol–water partition coefficient (Wildman–Crippen LogP) is 9.09. The van der Waals surface area contributed by atoms with Crippen molar-refractivity contribution in [3.05, 3.63) is 24.3 Å². The number of aliphatic carboxylic acids is 2. The smallest absolute Gasteiger partial charge is 0.303 e. The standard InChI is InChI=1S/2C14H26O2.Zn/c2*1-2-3-4-5-6-7-8-9-10-11-12-13-14(15)16;/h2*8-9H,2-7,10-13H2,1H3,(H,15,16);. The minimum absolute atomic E-state index is 0. The zero-order chi connectivity index (χ0) is 24.1. The van der Waals surface area contributed by atoms with Crippen LogP contribution >= 0.6 is 0 Å². The van der Waals surface area contributed by atoms with Gasteiger partial charge in [0, 0.05) is 32.3 Å². The van der Waals surface area contributed by atoms with Crippen molar-refractivity contribution in [1.29, 1.82) is 0 Å². The van der Waals surface area contributed by atoms with Crippen molar-refractivity contribution in [2.45, 2.75) is 142 Å². The molecule has 0 aliphatic heterocycles. The van der Waals surface area contributed by atoms with E-state index in [0.29, 0.717) is 12.8 Å². The molecule has 4 nitrogen and oxygen atoms in total. The van der Waals surface area contributed by atoms with Crippen LogP contribution in [0.5, 0.6) is 0 Å². The second-order valence-corrected chi connectivity index (χ2v) is 8.63. The van der Waals surface area contributed by atoms with Gasteiger partial charge in [-0.3, -0.25) is 9.59 Å². The van der Waals surface area contributed by atoms with Crippen LogP contribution in [0.2, 0.25) is 0 Å². The fourth-order valence-corrected chi connectivity index (χ4v) is 3.28. The predicted molar refractivity (Wildman–Crippen MR) is 137 cm³/mol. The molecular weight excluding hydrogens is 466 g/mol. The van der Waals surface area contributed by atoms with Gasteiger partial charge >= 0.3 is 11.9 Å². The van der Waals surface area contributed by atoms with E-state index in [1.807, 2.05) is 0 Å². The first-order chi connectivity index (χ1) is 15.5. The van der Waals surface area contributed by atoms with Crippen molar-refractivity contribution in [1.82, 2.24) is 0 Å². The molecule has 5 heteroatoms. The average Bonchev–Trinajstić information content (AvgIpc) is 2.76. The van der Waals surface area contributed by atoms with Crippen LogP contribution in [0.3, 0.4) is 0 Å². The molecule has 190 valence electrons. The van der Waals surface area contributed by atoms with Gasteiger partial charge in [0.15, 0.2) is 0 Å². The van der Waals surface area contributed by atoms with E-state index in [1.165, 1.54) is 77.0 Å². The maximum Gasteiger partial charge on any atom is 0.303 e. The molecule has 0 rings (SSSR count). The molecule has 0 fully saturated rings. The molecule has 0 saturated heterocycles. The third kappa shape index (κ3) is 41.8. The van der Waals surface area contributed by atoms with E-state index in [0.717, 1.165) is 38.5 Å². The van der Waals surface area contributed by atoms with Gasteiger partial charge in [0.25, 0.3) is 0 Å². The Hall–Kier alpha value is -0.957. The van der Waals surface area contributed by atoms with Gasteiger partial charge < -0.3 is 10.2 Å². The Bertz CT molecular complexity index is 419. The van der Waals surface area contributed by atoms with Gasteiger partial charge in [0.1, 0.15) is 0 Å². The van der Waals surface area contributed by atoms with Crippen LogP contribution in [0.25, 0.3) is 0 Å². The summed E-state index contributed by atoms with van der Waals surface area (Å²) in [6.07, 6.45) is 30.9. The van der Waals surface area contributed by atoms with E-state index in [1.54, 1.807) is 0 Å². The Kier molecular flexibility index (Phi) is 36.9. The normalized spacial score (nSPS) is 10.7. The summed E-state index contributed by atoms with van der Waals surface area (Å²) in [6.45, 7) is 4.47. The summed E-state index contributed by atoms with van der Waals surface area (Å²) >= 11 is 0. The molecule has 0 spiro atoms. The van der Waals surface area contributed by atoms with Crippen molar-refractivity contribution in [2.24, 2.45) is 0 Å². The van der Waals surface area contributed by atoms with Gasteiger partial charge in [-0.2, -0.15) is 0 Å². The van der Waals surface area contributed by atoms with Crippen molar-refractivity contribution >= 4 is 11.9 Å². The number of hydrogen-bond acceptors (Lipinski definition) is 2. The molecule has 2 N–H and O–H groups in total. The van der Waals surface area contributed by atoms with Gasteiger partial charge in [0.2, 0.25) is 0 Å². The molecule has 0 heterocycles. The molecule has 0 amide bonds. The first-order valence-corrected chi connectivity index (χ1v) is 13.3. The summed E-state index contributed by atoms with van der Waals surface area (Å²) in [5.74, 6) is -1.36. The molecule has 0 aromatic carbocycles. The van der Waals surface area contributed by atoms with Gasteiger partial charge in [-0.1, -0.05) is 89.5 Å². The van der Waals surface area contributed by atoms with Crippen LogP contribution in [0.15, 0.2) is 24.3 Å². The zero-order valence-corrected chi connectivity index (χ0v) is 24.8. The quantitative estimate of drug-likeness (QED) is 0.0852. The van der Waals surface area contributed by atoms with E-state index >= 15 is 0 Å². The van der Waals surface area contributed by atoms with Gasteiger partial charge in [-0.05, 0) is 64.2 Å². The second kappa shape index (κ2) is 33.2. The van der Waals surface area contributed by atoms with Crippen LogP contribution in [0.4, 0.5) is 0 Å². The number of carboxylic acid groups (broad SMARTS) is 2. The van der Waals surface area contributed by atoms with E-state index in [2.05, 4.69) is 38.2 Å². The maximum absolute atomic E-state index is 10.2. The molecule has 33 heavy (non-hydrogen) atoms. The summed E-state index contributed by atoms with van der Waals surface area (Å²) in [5.41, 5.74) is 0. The topological polar surface area (TPSA) is 74.6 Å². The van der Waals surface area contributed by atoms with Crippen LogP contribution < -0.4 is 0 Å². The summed E-state index contributed by atoms with van der Waals surface area (Å²) in [5, 5.41) is 16.9. The van der Waals surface area contributed by atoms with Gasteiger partial charge in [0.05, 0.1) is 0 Å². The molecule has 0 aliphatic carbocycles. The maximum atomic E-state index is 10.2. The molecule has 0 aliphatic rings. The fraction of sp³-hybridized carbons (Fsp3) is 0.786. The minimum Gasteiger partial charge on any atom is -0.481 e. The molecule has 0 radical (unpaired) electrons. The first kappa shape index (κ1) is 36.6. The van der Waals surface area contributed by atoms with Crippen molar-refractivity contribution < 1.29 is 39.3 Å². The zero-order valence-electron chi connectivity index (χ0n) is 21.9. The van der Waals surface area contributed by atoms with Crippen molar-refractivity contribution in [3.8, 4) is 0 Å². The monoisotopic (exact) mass is 516 g/mol. The van der Waals surface area contributed by atoms with Crippen LogP contribution in [-0.4, -0.2) is 22.2 Å². The van der Waals surface area contributed by atoms with E-state index in [9.17, 15) is 9.59 Å². The Morgan fingerprint density at radius 2 is 0.758 bits per heavy atom. The molecule has 0 aromatic rings. The minimum atomic E-state index is -0.681. The van der Waals surface area contributed by atoms with E-state index < -0.39 is 11.9 Å². The van der Waals surface area contributed by atoms with Gasteiger partial charge in [-0.15, -0.1) is 0 Å². The SMILES string of the molecule is CCCCCCCC=CCCCCC(=O)O.CCCCCCCC=CCCCCC(=O)O.[Zn]. The molecular formula is C28H52O4Zn. The molecule has 0 bridgehead atoms. The summed E-state index contributed by atoms with van der Waals surface area (Å²) in [6, 6.07) is 0. The number of hydrogen-bond donors (Lipinski definition) is 2. The third-order valence-corrected chi connectivity index (χ3v) is 5.30. The third-order valence-electron chi connectivity index (χ3n) is 5.30. The number of allylic oxidation sites excluding steroid dienone is 4. The Balaban J connectivity index is -0.000000529. The molecule has 0 aromatic heterocycles. The Labute approximate surface area is 217 Å². The van der Waals surface area contributed by atoms with Crippen molar-refractivity contribution in [3.63, 3.8) is 0 Å². The Morgan fingerprint density at radius 1 is 0.485 bits per heavy atom. The Morgan fingerprint density at radius 3 is 1.03 bits per heavy atom. The fourth-order valence-electron chi connectivity index (χ4n) is 3.28. The average molecular weight is 518 g/mol. The number of carbonyl (C=O) groups is 2. The summed E-state index contributed by atoms with van der Waals surface area (Å²) in [4.78, 5) is 20.5. The second-order valence-electron chi connectivity index (χ2n) is 8.63. The molecule has 0 atom stereocenters. The van der Waals surface area contributed by atoms with Crippen LogP contribution in [0.1, 0.15) is 142 Å². The van der Waals surface area contributed by atoms with E-state index in [4.69, 9.17) is 10.2 Å². The molecule has 0 unspecified atom stereocenters. The molecule has 0 saturated carbocycles. The van der Waals surface area contributed by atoms with Crippen molar-refractivity contribution in [2.75, 3.05) is 0 Å². The largest absolute Gasteiger partial charge is 0.481 e. The van der Waals surface area contributed by atoms with Gasteiger partial charge in [-0.25, -0.2) is 0 Å². The number of carboxylic acids is 2. The van der Waals surface area contributed by atoms with E-state index in [-0.39, 0.29) is 19.5 Å². The summed E-state index contributed by atoms with van der Waals surface area (Å²) < 4.78 is 0. The number of rotatable bonds is 22. The van der Waals surface area contributed by atoms with Crippen LogP contribution in [0, 0.1) is 0 Å². The number of unbranched alkanes of at least 4 members (excludes halogenated alkanes) is 14. The van der Waals surface area contributed by atoms with Crippen LogP contribution in [-0.2, 0) is 29.1 Å².